The van der Waals surface area contributed by atoms with Crippen molar-refractivity contribution in [2.24, 2.45) is 0 Å². The van der Waals surface area contributed by atoms with Crippen molar-refractivity contribution in [1.29, 1.82) is 0 Å². The Morgan fingerprint density at radius 1 is 1.35 bits per heavy atom. The zero-order valence-electron chi connectivity index (χ0n) is 11.3. The fourth-order valence-corrected chi connectivity index (χ4v) is 2.81. The molecule has 2 N–H and O–H groups in total. The molecule has 0 radical (unpaired) electrons. The normalized spacial score (nSPS) is 14.7. The summed E-state index contributed by atoms with van der Waals surface area (Å²) in [4.78, 5) is 16.4. The molecule has 5 heteroatoms. The third kappa shape index (κ3) is 2.82. The number of nitrogens with zero attached hydrogens (tertiary/aromatic N) is 1. The minimum absolute atomic E-state index is 0.130. The van der Waals surface area contributed by atoms with Crippen LogP contribution in [0.3, 0.4) is 0 Å². The molecule has 2 aromatic rings. The number of hydrogen-bond acceptors (Lipinski definition) is 3. The predicted molar refractivity (Wildman–Crippen MR) is 82.1 cm³/mol. The van der Waals surface area contributed by atoms with E-state index in [2.05, 4.69) is 15.6 Å². The van der Waals surface area contributed by atoms with Gasteiger partial charge in [0, 0.05) is 17.0 Å². The van der Waals surface area contributed by atoms with Gasteiger partial charge in [-0.15, -0.1) is 11.3 Å². The van der Waals surface area contributed by atoms with E-state index in [1.54, 1.807) is 11.3 Å². The third-order valence-corrected chi connectivity index (χ3v) is 4.28. The van der Waals surface area contributed by atoms with Crippen molar-refractivity contribution in [3.63, 3.8) is 0 Å². The summed E-state index contributed by atoms with van der Waals surface area (Å²) in [5.41, 5.74) is 2.67. The Balaban J connectivity index is 1.77. The van der Waals surface area contributed by atoms with Crippen LogP contribution >= 0.6 is 11.3 Å². The topological polar surface area (TPSA) is 54.0 Å². The first kappa shape index (κ1) is 13.1. The number of thiazole rings is 1. The van der Waals surface area contributed by atoms with Gasteiger partial charge in [-0.25, -0.2) is 9.78 Å². The number of anilines is 1. The summed E-state index contributed by atoms with van der Waals surface area (Å²) in [6.07, 6.45) is 3.38. The molecule has 104 valence electrons. The molecule has 0 aliphatic heterocycles. The number of nitrogens with one attached hydrogen (secondary N) is 2. The predicted octanol–water partition coefficient (Wildman–Crippen LogP) is 3.79. The lowest BCUT2D eigenvalue weighted by Gasteiger charge is -2.26. The second-order valence-corrected chi connectivity index (χ2v) is 6.09. The highest BCUT2D eigenvalue weighted by Gasteiger charge is 2.19. The smallest absolute Gasteiger partial charge is 0.319 e. The van der Waals surface area contributed by atoms with Gasteiger partial charge in [0.2, 0.25) is 0 Å². The van der Waals surface area contributed by atoms with E-state index < -0.39 is 0 Å². The molecule has 1 aliphatic carbocycles. The van der Waals surface area contributed by atoms with Gasteiger partial charge in [0.1, 0.15) is 0 Å². The van der Waals surface area contributed by atoms with Crippen LogP contribution in [0.5, 0.6) is 0 Å². The van der Waals surface area contributed by atoms with Crippen molar-refractivity contribution in [2.45, 2.75) is 32.2 Å². The zero-order chi connectivity index (χ0) is 13.9. The lowest BCUT2D eigenvalue weighted by molar-refractivity contribution is 0.240. The Labute approximate surface area is 122 Å². The highest BCUT2D eigenvalue weighted by Crippen LogP contribution is 2.28. The van der Waals surface area contributed by atoms with Gasteiger partial charge in [-0.1, -0.05) is 18.2 Å². The molecule has 0 atom stereocenters. The van der Waals surface area contributed by atoms with E-state index in [1.807, 2.05) is 36.6 Å². The highest BCUT2D eigenvalue weighted by atomic mass is 32.1. The first-order valence-corrected chi connectivity index (χ1v) is 7.69. The van der Waals surface area contributed by atoms with E-state index in [-0.39, 0.29) is 6.03 Å². The van der Waals surface area contributed by atoms with Gasteiger partial charge in [0.25, 0.3) is 0 Å². The molecule has 3 rings (SSSR count). The number of carbonyl (C=O) groups is 1. The maximum absolute atomic E-state index is 12.0. The highest BCUT2D eigenvalue weighted by molar-refractivity contribution is 7.09. The Morgan fingerprint density at radius 3 is 2.80 bits per heavy atom. The van der Waals surface area contributed by atoms with Crippen LogP contribution < -0.4 is 10.6 Å². The fourth-order valence-electron chi connectivity index (χ4n) is 2.20. The van der Waals surface area contributed by atoms with E-state index in [1.165, 1.54) is 6.42 Å². The summed E-state index contributed by atoms with van der Waals surface area (Å²) in [5, 5.41) is 8.95. The van der Waals surface area contributed by atoms with Gasteiger partial charge < -0.3 is 10.6 Å². The molecule has 0 unspecified atom stereocenters. The second-order valence-electron chi connectivity index (χ2n) is 5.02. The summed E-state index contributed by atoms with van der Waals surface area (Å²) in [5.74, 6) is 0. The summed E-state index contributed by atoms with van der Waals surface area (Å²) in [6, 6.07) is 7.97. The maximum atomic E-state index is 12.0. The molecule has 1 aliphatic rings. The molecule has 20 heavy (non-hydrogen) atoms. The first-order valence-electron chi connectivity index (χ1n) is 6.81. The van der Waals surface area contributed by atoms with E-state index in [0.717, 1.165) is 34.8 Å². The van der Waals surface area contributed by atoms with Crippen LogP contribution in [0.2, 0.25) is 0 Å². The van der Waals surface area contributed by atoms with Crippen molar-refractivity contribution in [3.8, 4) is 11.3 Å². The van der Waals surface area contributed by atoms with Crippen LogP contribution in [0.15, 0.2) is 29.6 Å². The zero-order valence-corrected chi connectivity index (χ0v) is 12.2. The number of hydrogen-bond donors (Lipinski definition) is 2. The minimum Gasteiger partial charge on any atom is -0.335 e. The quantitative estimate of drug-likeness (QED) is 0.902. The van der Waals surface area contributed by atoms with E-state index in [9.17, 15) is 4.79 Å². The maximum Gasteiger partial charge on any atom is 0.319 e. The standard InChI is InChI=1S/C15H17N3OS/c1-10-16-14(9-20-10)12-7-2-3-8-13(12)18-15(19)17-11-5-4-6-11/h2-3,7-9,11H,4-6H2,1H3,(H2,17,18,19). The van der Waals surface area contributed by atoms with E-state index in [4.69, 9.17) is 0 Å². The number of amides is 2. The number of benzene rings is 1. The SMILES string of the molecule is Cc1nc(-c2ccccc2NC(=O)NC2CCC2)cs1. The van der Waals surface area contributed by atoms with Gasteiger partial charge in [-0.05, 0) is 32.3 Å². The van der Waals surface area contributed by atoms with Crippen LogP contribution in [0, 0.1) is 6.92 Å². The largest absolute Gasteiger partial charge is 0.335 e. The molecule has 0 saturated heterocycles. The minimum atomic E-state index is -0.130. The summed E-state index contributed by atoms with van der Waals surface area (Å²) < 4.78 is 0. The lowest BCUT2D eigenvalue weighted by Crippen LogP contribution is -2.41. The monoisotopic (exact) mass is 287 g/mol. The molecule has 2 amide bonds. The third-order valence-electron chi connectivity index (χ3n) is 3.51. The van der Waals surface area contributed by atoms with Crippen LogP contribution in [0.4, 0.5) is 10.5 Å². The van der Waals surface area contributed by atoms with Crippen molar-refractivity contribution >= 4 is 23.1 Å². The summed E-state index contributed by atoms with van der Waals surface area (Å²) in [6.45, 7) is 1.98. The van der Waals surface area contributed by atoms with E-state index >= 15 is 0 Å². The number of rotatable bonds is 3. The van der Waals surface area contributed by atoms with Crippen LogP contribution in [0.25, 0.3) is 11.3 Å². The summed E-state index contributed by atoms with van der Waals surface area (Å²) >= 11 is 1.61. The van der Waals surface area contributed by atoms with Crippen LogP contribution in [-0.2, 0) is 0 Å². The van der Waals surface area contributed by atoms with Crippen molar-refractivity contribution < 1.29 is 4.79 Å². The molecule has 4 nitrogen and oxygen atoms in total. The average Bonchev–Trinajstić information content (AvgIpc) is 2.81. The fraction of sp³-hybridized carbons (Fsp3) is 0.333. The van der Waals surface area contributed by atoms with Gasteiger partial charge in [0.15, 0.2) is 0 Å². The molecule has 1 heterocycles. The Kier molecular flexibility index (Phi) is 3.69. The number of aryl methyl sites for hydroxylation is 1. The molecule has 1 saturated carbocycles. The average molecular weight is 287 g/mol. The molecule has 1 aromatic heterocycles. The molecular weight excluding hydrogens is 270 g/mol. The first-order chi connectivity index (χ1) is 9.72. The van der Waals surface area contributed by atoms with Gasteiger partial charge in [-0.3, -0.25) is 0 Å². The molecular formula is C15H17N3OS. The molecule has 0 bridgehead atoms. The summed E-state index contributed by atoms with van der Waals surface area (Å²) in [7, 11) is 0. The number of aromatic nitrogens is 1. The molecule has 0 spiro atoms. The lowest BCUT2D eigenvalue weighted by atomic mass is 9.93. The number of carbonyl (C=O) groups excluding carboxylic acids is 1. The van der Waals surface area contributed by atoms with Gasteiger partial charge in [-0.2, -0.15) is 0 Å². The number of urea groups is 1. The second kappa shape index (κ2) is 5.63. The Morgan fingerprint density at radius 2 is 2.15 bits per heavy atom. The van der Waals surface area contributed by atoms with Crippen molar-refractivity contribution in [3.05, 3.63) is 34.7 Å². The molecule has 1 aromatic carbocycles. The van der Waals surface area contributed by atoms with E-state index in [0.29, 0.717) is 6.04 Å². The van der Waals surface area contributed by atoms with Crippen molar-refractivity contribution in [1.82, 2.24) is 10.3 Å². The van der Waals surface area contributed by atoms with Crippen LogP contribution in [0.1, 0.15) is 24.3 Å². The van der Waals surface area contributed by atoms with Crippen LogP contribution in [-0.4, -0.2) is 17.1 Å². The number of para-hydroxylation sites is 1. The van der Waals surface area contributed by atoms with Gasteiger partial charge >= 0.3 is 6.03 Å². The van der Waals surface area contributed by atoms with Gasteiger partial charge in [0.05, 0.1) is 16.4 Å². The Hall–Kier alpha value is -1.88. The van der Waals surface area contributed by atoms with Crippen molar-refractivity contribution in [2.75, 3.05) is 5.32 Å². The Bertz CT molecular complexity index is 619. The molecule has 1 fully saturated rings.